The lowest BCUT2D eigenvalue weighted by molar-refractivity contribution is 0.100. The predicted molar refractivity (Wildman–Crippen MR) is 56.3 cm³/mol. The quantitative estimate of drug-likeness (QED) is 0.820. The second-order valence-electron chi connectivity index (χ2n) is 2.83. The Morgan fingerprint density at radius 2 is 2.43 bits per heavy atom. The van der Waals surface area contributed by atoms with Gasteiger partial charge in [-0.15, -0.1) is 0 Å². The van der Waals surface area contributed by atoms with Crippen LogP contribution in [0.2, 0.25) is 0 Å². The largest absolute Gasteiger partial charge is 0.324 e. The molecule has 0 spiro atoms. The number of hydrogen-bond donors (Lipinski definition) is 1. The summed E-state index contributed by atoms with van der Waals surface area (Å²) in [7, 11) is 0. The van der Waals surface area contributed by atoms with Gasteiger partial charge in [0.2, 0.25) is 0 Å². The van der Waals surface area contributed by atoms with Crippen molar-refractivity contribution in [1.82, 2.24) is 9.38 Å². The van der Waals surface area contributed by atoms with Crippen molar-refractivity contribution < 1.29 is 4.79 Å². The van der Waals surface area contributed by atoms with Gasteiger partial charge in [0.05, 0.1) is 18.3 Å². The molecule has 0 bridgehead atoms. The average molecular weight is 254 g/mol. The maximum absolute atomic E-state index is 11.5. The van der Waals surface area contributed by atoms with Crippen LogP contribution in [0.5, 0.6) is 0 Å². The number of halogens is 1. The van der Waals surface area contributed by atoms with Crippen LogP contribution < -0.4 is 5.73 Å². The molecule has 0 aliphatic carbocycles. The van der Waals surface area contributed by atoms with Crippen LogP contribution in [0.4, 0.5) is 0 Å². The molecule has 0 atom stereocenters. The van der Waals surface area contributed by atoms with Crippen LogP contribution in [-0.2, 0) is 0 Å². The van der Waals surface area contributed by atoms with E-state index >= 15 is 0 Å². The summed E-state index contributed by atoms with van der Waals surface area (Å²) >= 11 is 3.28. The van der Waals surface area contributed by atoms with Crippen molar-refractivity contribution in [2.75, 3.05) is 6.54 Å². The Hall–Kier alpha value is -1.20. The molecule has 0 fully saturated rings. The number of nitrogens with two attached hydrogens (primary N) is 1. The summed E-state index contributed by atoms with van der Waals surface area (Å²) in [4.78, 5) is 15.5. The van der Waals surface area contributed by atoms with Gasteiger partial charge >= 0.3 is 0 Å². The van der Waals surface area contributed by atoms with Gasteiger partial charge in [-0.05, 0) is 28.1 Å². The van der Waals surface area contributed by atoms with Crippen molar-refractivity contribution in [3.8, 4) is 0 Å². The number of fused-ring (bicyclic) bond motifs is 1. The molecule has 0 aliphatic rings. The highest BCUT2D eigenvalue weighted by atomic mass is 79.9. The summed E-state index contributed by atoms with van der Waals surface area (Å²) in [5.74, 6) is -0.0806. The first-order valence-electron chi connectivity index (χ1n) is 4.09. The van der Waals surface area contributed by atoms with Gasteiger partial charge in [0, 0.05) is 11.8 Å². The molecule has 0 aromatic carbocycles. The molecule has 4 nitrogen and oxygen atoms in total. The first-order valence-corrected chi connectivity index (χ1v) is 4.88. The topological polar surface area (TPSA) is 60.4 Å². The van der Waals surface area contributed by atoms with Gasteiger partial charge in [0.15, 0.2) is 10.5 Å². The van der Waals surface area contributed by atoms with Crippen molar-refractivity contribution in [3.05, 3.63) is 34.8 Å². The second kappa shape index (κ2) is 3.51. The van der Waals surface area contributed by atoms with Gasteiger partial charge in [-0.25, -0.2) is 4.98 Å². The van der Waals surface area contributed by atoms with E-state index < -0.39 is 0 Å². The molecule has 2 aromatic rings. The number of rotatable bonds is 2. The average Bonchev–Trinajstić information content (AvgIpc) is 2.59. The standard InChI is InChI=1S/C9H8BrN3O/c10-9-12-5-7-6(8(14)4-11)2-1-3-13(7)9/h1-3,5H,4,11H2. The van der Waals surface area contributed by atoms with E-state index in [9.17, 15) is 4.79 Å². The summed E-state index contributed by atoms with van der Waals surface area (Å²) in [6.45, 7) is 0.0163. The second-order valence-corrected chi connectivity index (χ2v) is 3.54. The first-order chi connectivity index (χ1) is 6.74. The number of carbonyl (C=O) groups excluding carboxylic acids is 1. The molecule has 0 unspecified atom stereocenters. The Bertz CT molecular complexity index is 492. The van der Waals surface area contributed by atoms with Crippen LogP contribution in [0.3, 0.4) is 0 Å². The highest BCUT2D eigenvalue weighted by molar-refractivity contribution is 9.10. The van der Waals surface area contributed by atoms with Crippen LogP contribution in [-0.4, -0.2) is 21.7 Å². The van der Waals surface area contributed by atoms with Crippen LogP contribution in [0.15, 0.2) is 29.3 Å². The normalized spacial score (nSPS) is 10.7. The Morgan fingerprint density at radius 3 is 3.14 bits per heavy atom. The molecule has 2 heterocycles. The minimum atomic E-state index is -0.0806. The van der Waals surface area contributed by atoms with Crippen molar-refractivity contribution in [3.63, 3.8) is 0 Å². The molecule has 14 heavy (non-hydrogen) atoms. The molecular weight excluding hydrogens is 246 g/mol. The fourth-order valence-corrected chi connectivity index (χ4v) is 1.75. The number of carbonyl (C=O) groups is 1. The molecule has 72 valence electrons. The van der Waals surface area contributed by atoms with E-state index in [0.29, 0.717) is 10.3 Å². The minimum Gasteiger partial charge on any atom is -0.324 e. The number of nitrogens with zero attached hydrogens (tertiary/aromatic N) is 2. The summed E-state index contributed by atoms with van der Waals surface area (Å²) in [5, 5.41) is 0. The van der Waals surface area contributed by atoms with Gasteiger partial charge in [-0.2, -0.15) is 0 Å². The van der Waals surface area contributed by atoms with E-state index in [1.807, 2.05) is 6.20 Å². The number of ketones is 1. The fourth-order valence-electron chi connectivity index (χ4n) is 1.34. The lowest BCUT2D eigenvalue weighted by atomic mass is 10.1. The molecule has 5 heteroatoms. The summed E-state index contributed by atoms with van der Waals surface area (Å²) in [6, 6.07) is 3.54. The molecule has 0 amide bonds. The third kappa shape index (κ3) is 1.34. The molecule has 0 saturated heterocycles. The maximum atomic E-state index is 11.5. The molecular formula is C9H8BrN3O. The van der Waals surface area contributed by atoms with Crippen molar-refractivity contribution in [1.29, 1.82) is 0 Å². The smallest absolute Gasteiger partial charge is 0.181 e. The van der Waals surface area contributed by atoms with E-state index in [4.69, 9.17) is 5.73 Å². The predicted octanol–water partition coefficient (Wildman–Crippen LogP) is 1.24. The van der Waals surface area contributed by atoms with Gasteiger partial charge in [0.25, 0.3) is 0 Å². The SMILES string of the molecule is NCC(=O)c1cccn2c(Br)ncc12. The lowest BCUT2D eigenvalue weighted by Crippen LogP contribution is -2.14. The molecule has 2 aromatic heterocycles. The molecule has 0 radical (unpaired) electrons. The van der Waals surface area contributed by atoms with Gasteiger partial charge in [0.1, 0.15) is 0 Å². The number of Topliss-reactive ketones (excluding diaryl/α,β-unsaturated/α-hetero) is 1. The number of imidazole rings is 1. The molecule has 2 rings (SSSR count). The van der Waals surface area contributed by atoms with E-state index in [1.165, 1.54) is 0 Å². The van der Waals surface area contributed by atoms with Crippen LogP contribution in [0.1, 0.15) is 10.4 Å². The van der Waals surface area contributed by atoms with Crippen LogP contribution in [0.25, 0.3) is 5.52 Å². The Morgan fingerprint density at radius 1 is 1.64 bits per heavy atom. The van der Waals surface area contributed by atoms with E-state index in [1.54, 1.807) is 22.7 Å². The number of aromatic nitrogens is 2. The maximum Gasteiger partial charge on any atom is 0.181 e. The van der Waals surface area contributed by atoms with E-state index in [0.717, 1.165) is 5.52 Å². The van der Waals surface area contributed by atoms with Crippen LogP contribution >= 0.6 is 15.9 Å². The van der Waals surface area contributed by atoms with E-state index in [2.05, 4.69) is 20.9 Å². The Balaban J connectivity index is 2.71. The molecule has 0 aliphatic heterocycles. The zero-order valence-corrected chi connectivity index (χ0v) is 8.86. The van der Waals surface area contributed by atoms with Crippen molar-refractivity contribution in [2.45, 2.75) is 0 Å². The van der Waals surface area contributed by atoms with Gasteiger partial charge in [-0.3, -0.25) is 9.20 Å². The van der Waals surface area contributed by atoms with Gasteiger partial charge in [-0.1, -0.05) is 0 Å². The third-order valence-corrected chi connectivity index (χ3v) is 2.60. The first kappa shape index (κ1) is 9.36. The zero-order valence-electron chi connectivity index (χ0n) is 7.27. The highest BCUT2D eigenvalue weighted by Gasteiger charge is 2.10. The molecule has 0 saturated carbocycles. The van der Waals surface area contributed by atoms with E-state index in [-0.39, 0.29) is 12.3 Å². The summed E-state index contributed by atoms with van der Waals surface area (Å²) < 4.78 is 2.47. The third-order valence-electron chi connectivity index (χ3n) is 2.01. The fraction of sp³-hybridized carbons (Fsp3) is 0.111. The monoisotopic (exact) mass is 253 g/mol. The summed E-state index contributed by atoms with van der Waals surface area (Å²) in [5.41, 5.74) is 6.69. The Kier molecular flexibility index (Phi) is 2.35. The van der Waals surface area contributed by atoms with Gasteiger partial charge < -0.3 is 5.73 Å². The van der Waals surface area contributed by atoms with Crippen molar-refractivity contribution >= 4 is 27.2 Å². The minimum absolute atomic E-state index is 0.0163. The summed E-state index contributed by atoms with van der Waals surface area (Å²) in [6.07, 6.45) is 3.48. The Labute approximate surface area is 88.9 Å². The number of hydrogen-bond acceptors (Lipinski definition) is 3. The van der Waals surface area contributed by atoms with Crippen LogP contribution in [0, 0.1) is 0 Å². The van der Waals surface area contributed by atoms with Crippen molar-refractivity contribution in [2.24, 2.45) is 5.73 Å². The highest BCUT2D eigenvalue weighted by Crippen LogP contribution is 2.16. The zero-order chi connectivity index (χ0) is 10.1. The lowest BCUT2D eigenvalue weighted by Gasteiger charge is -2.01. The number of pyridine rings is 1. The molecule has 2 N–H and O–H groups in total.